The lowest BCUT2D eigenvalue weighted by molar-refractivity contribution is -0.120. The number of rotatable bonds is 4. The second-order valence-corrected chi connectivity index (χ2v) is 9.00. The fourth-order valence-corrected chi connectivity index (χ4v) is 5.77. The lowest BCUT2D eigenvalue weighted by Crippen LogP contribution is -2.36. The molecule has 3 aliphatic rings. The van der Waals surface area contributed by atoms with Crippen molar-refractivity contribution in [1.82, 2.24) is 0 Å². The van der Waals surface area contributed by atoms with Crippen molar-refractivity contribution in [2.75, 3.05) is 0 Å². The zero-order chi connectivity index (χ0) is 20.0. The van der Waals surface area contributed by atoms with Crippen molar-refractivity contribution >= 4 is 22.5 Å². The first-order valence-electron chi connectivity index (χ1n) is 11.1. The van der Waals surface area contributed by atoms with Gasteiger partial charge in [-0.3, -0.25) is 4.79 Å². The predicted molar refractivity (Wildman–Crippen MR) is 114 cm³/mol. The standard InChI is InChI=1S/C26H28O3/c1-2-26(14-4-3-5-15-26)29-25(28)22-11-7-8-18-19(22)9-6-10-20(18)23-16-17-12-13-21(23)24(17)27/h6-13,17,21,23H,2-5,14-16H2,1H3. The lowest BCUT2D eigenvalue weighted by atomic mass is 9.82. The van der Waals surface area contributed by atoms with Gasteiger partial charge in [0.05, 0.1) is 5.56 Å². The molecule has 0 heterocycles. The van der Waals surface area contributed by atoms with Crippen molar-refractivity contribution < 1.29 is 14.3 Å². The monoisotopic (exact) mass is 388 g/mol. The number of carbonyl (C=O) groups is 2. The molecule has 2 bridgehead atoms. The number of ketones is 1. The molecule has 0 spiro atoms. The lowest BCUT2D eigenvalue weighted by Gasteiger charge is -2.36. The van der Waals surface area contributed by atoms with Crippen LogP contribution in [0.4, 0.5) is 0 Å². The van der Waals surface area contributed by atoms with Gasteiger partial charge in [-0.1, -0.05) is 55.8 Å². The Morgan fingerprint density at radius 1 is 1.03 bits per heavy atom. The van der Waals surface area contributed by atoms with Gasteiger partial charge in [0.15, 0.2) is 0 Å². The molecule has 2 fully saturated rings. The van der Waals surface area contributed by atoms with Crippen LogP contribution in [0.2, 0.25) is 0 Å². The number of hydrogen-bond acceptors (Lipinski definition) is 3. The largest absolute Gasteiger partial charge is 0.455 e. The van der Waals surface area contributed by atoms with Crippen LogP contribution >= 0.6 is 0 Å². The number of benzene rings is 2. The Balaban J connectivity index is 1.50. The summed E-state index contributed by atoms with van der Waals surface area (Å²) in [5.74, 6) is 0.425. The molecular weight excluding hydrogens is 360 g/mol. The van der Waals surface area contributed by atoms with Gasteiger partial charge in [-0.05, 0) is 66.8 Å². The van der Waals surface area contributed by atoms with Crippen LogP contribution in [-0.4, -0.2) is 17.4 Å². The second kappa shape index (κ2) is 7.12. The van der Waals surface area contributed by atoms with Crippen molar-refractivity contribution in [3.8, 4) is 0 Å². The average Bonchev–Trinajstić information content (AvgIpc) is 3.27. The quantitative estimate of drug-likeness (QED) is 0.479. The third-order valence-electron chi connectivity index (χ3n) is 7.48. The molecule has 0 aromatic heterocycles. The third-order valence-corrected chi connectivity index (χ3v) is 7.48. The normalized spacial score (nSPS) is 27.5. The van der Waals surface area contributed by atoms with Gasteiger partial charge in [0, 0.05) is 11.8 Å². The van der Waals surface area contributed by atoms with Crippen LogP contribution in [-0.2, 0) is 9.53 Å². The van der Waals surface area contributed by atoms with Gasteiger partial charge in [-0.2, -0.15) is 0 Å². The van der Waals surface area contributed by atoms with Gasteiger partial charge >= 0.3 is 5.97 Å². The van der Waals surface area contributed by atoms with E-state index in [2.05, 4.69) is 31.2 Å². The highest BCUT2D eigenvalue weighted by Crippen LogP contribution is 2.48. The smallest absolute Gasteiger partial charge is 0.339 e. The van der Waals surface area contributed by atoms with E-state index in [9.17, 15) is 9.59 Å². The number of carbonyl (C=O) groups excluding carboxylic acids is 2. The Morgan fingerprint density at radius 2 is 1.79 bits per heavy atom. The van der Waals surface area contributed by atoms with Gasteiger partial charge in [0.1, 0.15) is 11.4 Å². The SMILES string of the molecule is CCC1(OC(=O)c2cccc3c(C4CC5C=CC4C5=O)cccc23)CCCCC1. The molecule has 3 unspecified atom stereocenters. The zero-order valence-corrected chi connectivity index (χ0v) is 17.0. The van der Waals surface area contributed by atoms with Crippen molar-refractivity contribution in [3.63, 3.8) is 0 Å². The molecule has 0 amide bonds. The third kappa shape index (κ3) is 3.02. The Hall–Kier alpha value is -2.42. The van der Waals surface area contributed by atoms with E-state index >= 15 is 0 Å². The van der Waals surface area contributed by atoms with Crippen molar-refractivity contribution in [2.45, 2.75) is 63.4 Å². The first-order chi connectivity index (χ1) is 14.1. The van der Waals surface area contributed by atoms with Crippen LogP contribution in [0.25, 0.3) is 10.8 Å². The second-order valence-electron chi connectivity index (χ2n) is 9.00. The van der Waals surface area contributed by atoms with Crippen molar-refractivity contribution in [2.24, 2.45) is 11.8 Å². The van der Waals surface area contributed by atoms with E-state index in [1.54, 1.807) is 0 Å². The van der Waals surface area contributed by atoms with E-state index in [1.807, 2.05) is 24.3 Å². The van der Waals surface area contributed by atoms with Crippen LogP contribution in [0.5, 0.6) is 0 Å². The first-order valence-corrected chi connectivity index (χ1v) is 11.1. The summed E-state index contributed by atoms with van der Waals surface area (Å²) < 4.78 is 6.15. The van der Waals surface area contributed by atoms with Gasteiger partial charge in [-0.15, -0.1) is 0 Å². The van der Waals surface area contributed by atoms with Crippen LogP contribution in [0.1, 0.15) is 73.7 Å². The number of fused-ring (bicyclic) bond motifs is 3. The molecule has 3 heteroatoms. The van der Waals surface area contributed by atoms with E-state index in [0.717, 1.165) is 49.3 Å². The van der Waals surface area contributed by atoms with Crippen molar-refractivity contribution in [3.05, 3.63) is 59.7 Å². The molecule has 2 aromatic rings. The molecule has 0 N–H and O–H groups in total. The van der Waals surface area contributed by atoms with Crippen molar-refractivity contribution in [1.29, 1.82) is 0 Å². The highest BCUT2D eigenvalue weighted by molar-refractivity contribution is 6.06. The van der Waals surface area contributed by atoms with Crippen LogP contribution in [0, 0.1) is 11.8 Å². The number of Topliss-reactive ketones (excluding diaryl/α,β-unsaturated/α-hetero) is 1. The van der Waals surface area contributed by atoms with Gasteiger partial charge < -0.3 is 4.74 Å². The maximum absolute atomic E-state index is 13.2. The molecule has 2 aromatic carbocycles. The van der Waals surface area contributed by atoms with Crippen LogP contribution in [0.15, 0.2) is 48.6 Å². The first kappa shape index (κ1) is 18.6. The predicted octanol–water partition coefficient (Wildman–Crippen LogP) is 5.97. The average molecular weight is 389 g/mol. The summed E-state index contributed by atoms with van der Waals surface area (Å²) >= 11 is 0. The van der Waals surface area contributed by atoms with E-state index in [0.29, 0.717) is 11.3 Å². The Bertz CT molecular complexity index is 996. The minimum Gasteiger partial charge on any atom is -0.455 e. The Labute approximate surface area is 172 Å². The van der Waals surface area contributed by atoms with E-state index in [1.165, 1.54) is 12.0 Å². The molecule has 0 saturated heterocycles. The highest BCUT2D eigenvalue weighted by atomic mass is 16.6. The topological polar surface area (TPSA) is 43.4 Å². The van der Waals surface area contributed by atoms with Gasteiger partial charge in [0.2, 0.25) is 0 Å². The van der Waals surface area contributed by atoms with E-state index in [4.69, 9.17) is 4.74 Å². The zero-order valence-electron chi connectivity index (χ0n) is 17.0. The summed E-state index contributed by atoms with van der Waals surface area (Å²) in [5.41, 5.74) is 1.52. The molecule has 3 nitrogen and oxygen atoms in total. The van der Waals surface area contributed by atoms with Crippen LogP contribution < -0.4 is 0 Å². The molecule has 5 rings (SSSR count). The van der Waals surface area contributed by atoms with Crippen LogP contribution in [0.3, 0.4) is 0 Å². The number of ether oxygens (including phenoxy) is 1. The molecule has 29 heavy (non-hydrogen) atoms. The van der Waals surface area contributed by atoms with Gasteiger partial charge in [0.25, 0.3) is 0 Å². The number of hydrogen-bond donors (Lipinski definition) is 0. The van der Waals surface area contributed by atoms with E-state index in [-0.39, 0.29) is 29.3 Å². The Kier molecular flexibility index (Phi) is 4.57. The minimum atomic E-state index is -0.309. The number of allylic oxidation sites excluding steroid dienone is 2. The molecule has 0 radical (unpaired) electrons. The Morgan fingerprint density at radius 3 is 2.48 bits per heavy atom. The highest BCUT2D eigenvalue weighted by Gasteiger charge is 2.44. The molecule has 0 aliphatic heterocycles. The fraction of sp³-hybridized carbons (Fsp3) is 0.462. The summed E-state index contributed by atoms with van der Waals surface area (Å²) in [5, 5.41) is 2.02. The summed E-state index contributed by atoms with van der Waals surface area (Å²) in [4.78, 5) is 25.6. The summed E-state index contributed by atoms with van der Waals surface area (Å²) in [7, 11) is 0. The fourth-order valence-electron chi connectivity index (χ4n) is 5.77. The van der Waals surface area contributed by atoms with E-state index < -0.39 is 0 Å². The molecule has 150 valence electrons. The summed E-state index contributed by atoms with van der Waals surface area (Å²) in [6.07, 6.45) is 11.3. The maximum atomic E-state index is 13.2. The summed E-state index contributed by atoms with van der Waals surface area (Å²) in [6.45, 7) is 2.12. The summed E-state index contributed by atoms with van der Waals surface area (Å²) in [6, 6.07) is 12.1. The molecule has 3 aliphatic carbocycles. The van der Waals surface area contributed by atoms with Gasteiger partial charge in [-0.25, -0.2) is 4.79 Å². The number of esters is 1. The molecular formula is C26H28O3. The maximum Gasteiger partial charge on any atom is 0.339 e. The molecule has 3 atom stereocenters. The molecule has 2 saturated carbocycles. The minimum absolute atomic E-state index is 0.00759.